The van der Waals surface area contributed by atoms with Gasteiger partial charge in [0.05, 0.1) is 10.6 Å². The average molecular weight is 308 g/mol. The molecule has 1 aromatic carbocycles. The van der Waals surface area contributed by atoms with Crippen LogP contribution in [0.2, 0.25) is 0 Å². The summed E-state index contributed by atoms with van der Waals surface area (Å²) in [7, 11) is -1.64. The number of nitrogens with two attached hydrogens (primary N) is 1. The Bertz CT molecular complexity index is 677. The van der Waals surface area contributed by atoms with Crippen LogP contribution in [-0.4, -0.2) is 31.3 Å². The Labute approximate surface area is 125 Å². The minimum absolute atomic E-state index is 0.268. The number of benzene rings is 1. The summed E-state index contributed by atoms with van der Waals surface area (Å²) in [5.74, 6) is 0. The monoisotopic (exact) mass is 308 g/mol. The minimum Gasteiger partial charge on any atom is -0.330 e. The molecule has 0 atom stereocenters. The molecule has 0 fully saturated rings. The second-order valence-electron chi connectivity index (χ2n) is 4.81. The van der Waals surface area contributed by atoms with E-state index in [2.05, 4.69) is 9.82 Å². The Morgan fingerprint density at radius 3 is 2.48 bits per heavy atom. The van der Waals surface area contributed by atoms with E-state index in [-0.39, 0.29) is 4.90 Å². The van der Waals surface area contributed by atoms with E-state index in [1.807, 2.05) is 19.3 Å². The maximum atomic E-state index is 12.1. The lowest BCUT2D eigenvalue weighted by Crippen LogP contribution is -2.26. The summed E-state index contributed by atoms with van der Waals surface area (Å²) in [6, 6.07) is 8.67. The first-order valence-electron chi connectivity index (χ1n) is 6.78. The number of nitrogens with one attached hydrogen (secondary N) is 1. The Balaban J connectivity index is 1.94. The zero-order chi connectivity index (χ0) is 15.3. The largest absolute Gasteiger partial charge is 0.330 e. The van der Waals surface area contributed by atoms with Crippen molar-refractivity contribution >= 4 is 10.0 Å². The van der Waals surface area contributed by atoms with Gasteiger partial charge in [0.15, 0.2) is 0 Å². The van der Waals surface area contributed by atoms with E-state index in [1.54, 1.807) is 28.9 Å². The van der Waals surface area contributed by atoms with Crippen LogP contribution < -0.4 is 10.5 Å². The van der Waals surface area contributed by atoms with Gasteiger partial charge in [-0.05, 0) is 36.7 Å². The lowest BCUT2D eigenvalue weighted by molar-refractivity contribution is 0.581. The number of rotatable bonds is 7. The summed E-state index contributed by atoms with van der Waals surface area (Å²) >= 11 is 0. The van der Waals surface area contributed by atoms with E-state index in [4.69, 9.17) is 5.73 Å². The van der Waals surface area contributed by atoms with E-state index >= 15 is 0 Å². The molecular weight excluding hydrogens is 288 g/mol. The maximum Gasteiger partial charge on any atom is 0.240 e. The summed E-state index contributed by atoms with van der Waals surface area (Å²) in [6.45, 7) is 0.873. The van der Waals surface area contributed by atoms with Crippen molar-refractivity contribution in [3.05, 3.63) is 47.8 Å². The fourth-order valence-corrected chi connectivity index (χ4v) is 3.03. The van der Waals surface area contributed by atoms with Gasteiger partial charge in [0.1, 0.15) is 0 Å². The predicted octanol–water partition coefficient (Wildman–Crippen LogP) is 0.442. The highest BCUT2D eigenvalue weighted by molar-refractivity contribution is 7.89. The molecule has 3 N–H and O–H groups in total. The van der Waals surface area contributed by atoms with Gasteiger partial charge in [0.2, 0.25) is 10.0 Å². The summed E-state index contributed by atoms with van der Waals surface area (Å²) in [4.78, 5) is 0.268. The van der Waals surface area contributed by atoms with Gasteiger partial charge in [0, 0.05) is 26.2 Å². The molecule has 0 radical (unpaired) electrons. The first kappa shape index (κ1) is 15.7. The van der Waals surface area contributed by atoms with Gasteiger partial charge in [-0.25, -0.2) is 13.1 Å². The molecule has 0 amide bonds. The van der Waals surface area contributed by atoms with Crippen LogP contribution in [0.4, 0.5) is 0 Å². The quantitative estimate of drug-likeness (QED) is 0.777. The molecule has 2 aromatic rings. The van der Waals surface area contributed by atoms with Crippen molar-refractivity contribution in [3.8, 4) is 0 Å². The molecule has 1 heterocycles. The van der Waals surface area contributed by atoms with Crippen LogP contribution in [-0.2, 0) is 29.9 Å². The third kappa shape index (κ3) is 4.38. The minimum atomic E-state index is -3.47. The van der Waals surface area contributed by atoms with E-state index in [0.29, 0.717) is 19.5 Å². The van der Waals surface area contributed by atoms with Crippen molar-refractivity contribution in [2.45, 2.75) is 17.7 Å². The molecule has 1 aromatic heterocycles. The van der Waals surface area contributed by atoms with Gasteiger partial charge in [-0.2, -0.15) is 5.10 Å². The van der Waals surface area contributed by atoms with Crippen LogP contribution in [0.3, 0.4) is 0 Å². The summed E-state index contributed by atoms with van der Waals surface area (Å²) in [5.41, 5.74) is 7.36. The summed E-state index contributed by atoms with van der Waals surface area (Å²) < 4.78 is 28.5. The van der Waals surface area contributed by atoms with Gasteiger partial charge in [-0.15, -0.1) is 0 Å². The highest BCUT2D eigenvalue weighted by Gasteiger charge is 2.13. The third-order valence-corrected chi connectivity index (χ3v) is 4.59. The fraction of sp³-hybridized carbons (Fsp3) is 0.357. The predicted molar refractivity (Wildman–Crippen MR) is 81.3 cm³/mol. The molecule has 0 aliphatic rings. The molecule has 0 unspecified atom stereocenters. The van der Waals surface area contributed by atoms with E-state index in [0.717, 1.165) is 17.7 Å². The van der Waals surface area contributed by atoms with Crippen molar-refractivity contribution in [2.24, 2.45) is 12.8 Å². The zero-order valence-corrected chi connectivity index (χ0v) is 12.8. The topological polar surface area (TPSA) is 90.0 Å². The third-order valence-electron chi connectivity index (χ3n) is 3.11. The maximum absolute atomic E-state index is 12.1. The lowest BCUT2D eigenvalue weighted by atomic mass is 10.2. The number of hydrogen-bond acceptors (Lipinski definition) is 4. The van der Waals surface area contributed by atoms with Crippen molar-refractivity contribution < 1.29 is 8.42 Å². The van der Waals surface area contributed by atoms with Crippen LogP contribution in [0.1, 0.15) is 11.3 Å². The molecule has 0 bridgehead atoms. The highest BCUT2D eigenvalue weighted by Crippen LogP contribution is 2.10. The van der Waals surface area contributed by atoms with E-state index in [1.165, 1.54) is 0 Å². The van der Waals surface area contributed by atoms with E-state index < -0.39 is 10.0 Å². The smallest absolute Gasteiger partial charge is 0.240 e. The average Bonchev–Trinajstić information content (AvgIpc) is 2.85. The number of aromatic nitrogens is 2. The molecule has 0 aliphatic carbocycles. The van der Waals surface area contributed by atoms with Gasteiger partial charge >= 0.3 is 0 Å². The Morgan fingerprint density at radius 2 is 1.90 bits per heavy atom. The van der Waals surface area contributed by atoms with Gasteiger partial charge in [-0.1, -0.05) is 12.1 Å². The Hall–Kier alpha value is -1.70. The van der Waals surface area contributed by atoms with E-state index in [9.17, 15) is 8.42 Å². The number of aryl methyl sites for hydroxylation is 1. The molecule has 114 valence electrons. The zero-order valence-electron chi connectivity index (χ0n) is 12.0. The molecule has 21 heavy (non-hydrogen) atoms. The SMILES string of the molecule is Cn1ccc(CCNS(=O)(=O)c2ccc(CCN)cc2)n1. The fourth-order valence-electron chi connectivity index (χ4n) is 2.00. The molecule has 0 saturated heterocycles. The molecular formula is C14H20N4O2S. The van der Waals surface area contributed by atoms with Gasteiger partial charge in [-0.3, -0.25) is 4.68 Å². The van der Waals surface area contributed by atoms with Crippen molar-refractivity contribution in [3.63, 3.8) is 0 Å². The summed E-state index contributed by atoms with van der Waals surface area (Å²) in [5, 5.41) is 4.21. The van der Waals surface area contributed by atoms with Crippen LogP contribution in [0, 0.1) is 0 Å². The molecule has 0 saturated carbocycles. The molecule has 6 nitrogen and oxygen atoms in total. The van der Waals surface area contributed by atoms with Gasteiger partial charge in [0.25, 0.3) is 0 Å². The van der Waals surface area contributed by atoms with Crippen LogP contribution in [0.5, 0.6) is 0 Å². The Morgan fingerprint density at radius 1 is 1.19 bits per heavy atom. The van der Waals surface area contributed by atoms with Crippen LogP contribution in [0.25, 0.3) is 0 Å². The highest BCUT2D eigenvalue weighted by atomic mass is 32.2. The van der Waals surface area contributed by atoms with Crippen molar-refractivity contribution in [1.29, 1.82) is 0 Å². The number of hydrogen-bond donors (Lipinski definition) is 2. The summed E-state index contributed by atoms with van der Waals surface area (Å²) in [6.07, 6.45) is 3.14. The number of nitrogens with zero attached hydrogens (tertiary/aromatic N) is 2. The molecule has 0 spiro atoms. The van der Waals surface area contributed by atoms with Crippen molar-refractivity contribution in [1.82, 2.24) is 14.5 Å². The normalized spacial score (nSPS) is 11.7. The number of sulfonamides is 1. The second kappa shape index (κ2) is 6.84. The first-order valence-corrected chi connectivity index (χ1v) is 8.27. The van der Waals surface area contributed by atoms with Crippen molar-refractivity contribution in [2.75, 3.05) is 13.1 Å². The molecule has 0 aliphatic heterocycles. The second-order valence-corrected chi connectivity index (χ2v) is 6.58. The lowest BCUT2D eigenvalue weighted by Gasteiger charge is -2.07. The van der Waals surface area contributed by atoms with Crippen LogP contribution >= 0.6 is 0 Å². The first-order chi connectivity index (χ1) is 10.0. The van der Waals surface area contributed by atoms with Crippen LogP contribution in [0.15, 0.2) is 41.4 Å². The standard InChI is InChI=1S/C14H20N4O2S/c1-18-11-8-13(17-18)7-10-16-21(19,20)14-4-2-12(3-5-14)6-9-15/h2-5,8,11,16H,6-7,9-10,15H2,1H3. The molecule has 7 heteroatoms. The van der Waals surface area contributed by atoms with Gasteiger partial charge < -0.3 is 5.73 Å². The molecule has 2 rings (SSSR count). The Kier molecular flexibility index (Phi) is 5.11.